The Morgan fingerprint density at radius 2 is 1.91 bits per heavy atom. The number of rotatable bonds is 6. The fraction of sp³-hybridized carbons (Fsp3) is 0.320. The molecule has 1 amide bonds. The van der Waals surface area contributed by atoms with Crippen LogP contribution >= 0.6 is 0 Å². The molecule has 1 aliphatic rings. The van der Waals surface area contributed by atoms with Crippen molar-refractivity contribution in [2.45, 2.75) is 51.5 Å². The Balaban J connectivity index is 1.56. The molecular formula is C25H24F2N6O. The second kappa shape index (κ2) is 10.3. The molecule has 34 heavy (non-hydrogen) atoms. The van der Waals surface area contributed by atoms with E-state index >= 15 is 0 Å². The summed E-state index contributed by atoms with van der Waals surface area (Å²) in [5.41, 5.74) is 2.52. The van der Waals surface area contributed by atoms with E-state index in [1.165, 1.54) is 37.7 Å². The molecule has 0 aromatic carbocycles. The van der Waals surface area contributed by atoms with E-state index in [1.807, 2.05) is 6.92 Å². The van der Waals surface area contributed by atoms with Crippen LogP contribution in [0.4, 0.5) is 20.3 Å². The third-order valence-corrected chi connectivity index (χ3v) is 5.88. The first kappa shape index (κ1) is 23.2. The van der Waals surface area contributed by atoms with Crippen LogP contribution in [0.2, 0.25) is 0 Å². The van der Waals surface area contributed by atoms with Crippen molar-refractivity contribution in [3.63, 3.8) is 0 Å². The predicted molar refractivity (Wildman–Crippen MR) is 125 cm³/mol. The van der Waals surface area contributed by atoms with Crippen LogP contribution in [0, 0.1) is 18.3 Å². The van der Waals surface area contributed by atoms with Crippen molar-refractivity contribution >= 4 is 17.4 Å². The van der Waals surface area contributed by atoms with Gasteiger partial charge in [0.05, 0.1) is 17.4 Å². The standard InChI is InChI=1S/C25H24F2N6O/c1-15-21(18-9-17(12-28)24(31-13-18)32-19-5-3-2-4-6-19)11-20(14-30-15)33-25(34)16-7-8-29-22(10-16)23(26)27/h7-11,13-14,19,23H,2-6H2,1H3,(H,31,32)(H,33,34). The van der Waals surface area contributed by atoms with E-state index in [1.54, 1.807) is 18.3 Å². The van der Waals surface area contributed by atoms with Gasteiger partial charge < -0.3 is 10.6 Å². The molecule has 0 spiro atoms. The summed E-state index contributed by atoms with van der Waals surface area (Å²) in [5, 5.41) is 15.8. The summed E-state index contributed by atoms with van der Waals surface area (Å²) in [4.78, 5) is 25.0. The molecule has 3 heterocycles. The van der Waals surface area contributed by atoms with Gasteiger partial charge in [-0.1, -0.05) is 19.3 Å². The minimum absolute atomic E-state index is 0.0685. The van der Waals surface area contributed by atoms with Crippen LogP contribution in [0.5, 0.6) is 0 Å². The molecule has 174 valence electrons. The van der Waals surface area contributed by atoms with E-state index < -0.39 is 18.0 Å². The van der Waals surface area contributed by atoms with Gasteiger partial charge in [0.15, 0.2) is 0 Å². The lowest BCUT2D eigenvalue weighted by molar-refractivity contribution is 0.102. The Morgan fingerprint density at radius 1 is 1.12 bits per heavy atom. The summed E-state index contributed by atoms with van der Waals surface area (Å²) in [5.74, 6) is 0.0181. The zero-order valence-corrected chi connectivity index (χ0v) is 18.7. The average Bonchev–Trinajstić information content (AvgIpc) is 2.86. The van der Waals surface area contributed by atoms with Gasteiger partial charge in [-0.3, -0.25) is 14.8 Å². The SMILES string of the molecule is Cc1ncc(NC(=O)c2ccnc(C(F)F)c2)cc1-c1cnc(NC2CCCCC2)c(C#N)c1. The monoisotopic (exact) mass is 462 g/mol. The van der Waals surface area contributed by atoms with Gasteiger partial charge in [-0.15, -0.1) is 0 Å². The minimum Gasteiger partial charge on any atom is -0.366 e. The summed E-state index contributed by atoms with van der Waals surface area (Å²) < 4.78 is 25.8. The molecular weight excluding hydrogens is 438 g/mol. The van der Waals surface area contributed by atoms with Gasteiger partial charge in [-0.2, -0.15) is 5.26 Å². The average molecular weight is 463 g/mol. The number of nitrogens with zero attached hydrogens (tertiary/aromatic N) is 4. The van der Waals surface area contributed by atoms with Crippen molar-refractivity contribution in [3.8, 4) is 17.2 Å². The molecule has 0 radical (unpaired) electrons. The summed E-state index contributed by atoms with van der Waals surface area (Å²) in [6, 6.07) is 8.44. The van der Waals surface area contributed by atoms with E-state index in [4.69, 9.17) is 0 Å². The molecule has 0 unspecified atom stereocenters. The maximum Gasteiger partial charge on any atom is 0.280 e. The van der Waals surface area contributed by atoms with E-state index in [2.05, 4.69) is 31.7 Å². The van der Waals surface area contributed by atoms with Crippen molar-refractivity contribution in [2.75, 3.05) is 10.6 Å². The number of amides is 1. The molecule has 1 saturated carbocycles. The number of halogens is 2. The van der Waals surface area contributed by atoms with Crippen LogP contribution in [0.15, 0.2) is 42.9 Å². The number of aryl methyl sites for hydroxylation is 1. The molecule has 3 aromatic rings. The van der Waals surface area contributed by atoms with Crippen LogP contribution in [0.1, 0.15) is 65.8 Å². The van der Waals surface area contributed by atoms with Crippen molar-refractivity contribution in [3.05, 3.63) is 65.4 Å². The van der Waals surface area contributed by atoms with Gasteiger partial charge in [0.2, 0.25) is 0 Å². The topological polar surface area (TPSA) is 104 Å². The maximum atomic E-state index is 12.9. The number of nitriles is 1. The van der Waals surface area contributed by atoms with Crippen LogP contribution in [0.3, 0.4) is 0 Å². The van der Waals surface area contributed by atoms with Crippen molar-refractivity contribution in [1.82, 2.24) is 15.0 Å². The van der Waals surface area contributed by atoms with Crippen LogP contribution in [-0.4, -0.2) is 26.9 Å². The second-order valence-electron chi connectivity index (χ2n) is 8.29. The highest BCUT2D eigenvalue weighted by Crippen LogP contribution is 2.29. The Hall–Kier alpha value is -3.93. The lowest BCUT2D eigenvalue weighted by Crippen LogP contribution is -2.23. The number of nitrogens with one attached hydrogen (secondary N) is 2. The van der Waals surface area contributed by atoms with Gasteiger partial charge >= 0.3 is 0 Å². The van der Waals surface area contributed by atoms with Gasteiger partial charge in [0.25, 0.3) is 12.3 Å². The Bertz CT molecular complexity index is 1230. The normalized spacial score (nSPS) is 14.0. The molecule has 7 nitrogen and oxygen atoms in total. The molecule has 0 aliphatic heterocycles. The number of carbonyl (C=O) groups is 1. The second-order valence-corrected chi connectivity index (χ2v) is 8.29. The molecule has 3 aromatic heterocycles. The number of pyridine rings is 3. The molecule has 0 atom stereocenters. The fourth-order valence-corrected chi connectivity index (χ4v) is 4.06. The molecule has 4 rings (SSSR count). The minimum atomic E-state index is -2.77. The van der Waals surface area contributed by atoms with E-state index in [0.29, 0.717) is 39.9 Å². The first-order valence-corrected chi connectivity index (χ1v) is 11.1. The molecule has 0 bridgehead atoms. The number of hydrogen-bond acceptors (Lipinski definition) is 6. The fourth-order valence-electron chi connectivity index (χ4n) is 4.06. The maximum absolute atomic E-state index is 12.9. The lowest BCUT2D eigenvalue weighted by Gasteiger charge is -2.23. The van der Waals surface area contributed by atoms with Crippen molar-refractivity contribution in [1.29, 1.82) is 5.26 Å². The zero-order valence-electron chi connectivity index (χ0n) is 18.7. The molecule has 9 heteroatoms. The third kappa shape index (κ3) is 5.34. The zero-order chi connectivity index (χ0) is 24.1. The number of carbonyl (C=O) groups excluding carboxylic acids is 1. The van der Waals surface area contributed by atoms with Crippen molar-refractivity contribution in [2.24, 2.45) is 0 Å². The number of aromatic nitrogens is 3. The molecule has 1 aliphatic carbocycles. The smallest absolute Gasteiger partial charge is 0.280 e. The molecule has 1 fully saturated rings. The highest BCUT2D eigenvalue weighted by atomic mass is 19.3. The quantitative estimate of drug-likeness (QED) is 0.490. The van der Waals surface area contributed by atoms with Crippen molar-refractivity contribution < 1.29 is 13.6 Å². The molecule has 0 saturated heterocycles. The number of alkyl halides is 2. The summed E-state index contributed by atoms with van der Waals surface area (Å²) in [6.07, 6.45) is 7.29. The van der Waals surface area contributed by atoms with Crippen LogP contribution in [0.25, 0.3) is 11.1 Å². The Morgan fingerprint density at radius 3 is 2.65 bits per heavy atom. The highest BCUT2D eigenvalue weighted by molar-refractivity contribution is 6.04. The Labute approximate surface area is 196 Å². The largest absolute Gasteiger partial charge is 0.366 e. The van der Waals surface area contributed by atoms with Gasteiger partial charge in [-0.25, -0.2) is 13.8 Å². The number of anilines is 2. The van der Waals surface area contributed by atoms with Gasteiger partial charge in [0, 0.05) is 40.8 Å². The Kier molecular flexibility index (Phi) is 7.07. The number of hydrogen-bond donors (Lipinski definition) is 2. The summed E-state index contributed by atoms with van der Waals surface area (Å²) in [6.45, 7) is 1.82. The van der Waals surface area contributed by atoms with E-state index in [-0.39, 0.29) is 5.56 Å². The third-order valence-electron chi connectivity index (χ3n) is 5.88. The predicted octanol–water partition coefficient (Wildman–Crippen LogP) is 5.65. The summed E-state index contributed by atoms with van der Waals surface area (Å²) >= 11 is 0. The summed E-state index contributed by atoms with van der Waals surface area (Å²) in [7, 11) is 0. The van der Waals surface area contributed by atoms with Gasteiger partial charge in [-0.05, 0) is 44.0 Å². The van der Waals surface area contributed by atoms with E-state index in [9.17, 15) is 18.8 Å². The first-order chi connectivity index (χ1) is 16.4. The first-order valence-electron chi connectivity index (χ1n) is 11.1. The lowest BCUT2D eigenvalue weighted by atomic mass is 9.95. The molecule has 2 N–H and O–H groups in total. The van der Waals surface area contributed by atoms with Crippen LogP contribution < -0.4 is 10.6 Å². The highest BCUT2D eigenvalue weighted by Gasteiger charge is 2.17. The van der Waals surface area contributed by atoms with Crippen LogP contribution in [-0.2, 0) is 0 Å². The van der Waals surface area contributed by atoms with Gasteiger partial charge in [0.1, 0.15) is 17.6 Å². The van der Waals surface area contributed by atoms with E-state index in [0.717, 1.165) is 18.9 Å².